The maximum absolute atomic E-state index is 11.1. The molecule has 0 aliphatic rings. The van der Waals surface area contributed by atoms with Crippen LogP contribution in [0.25, 0.3) is 0 Å². The van der Waals surface area contributed by atoms with Gasteiger partial charge in [0.05, 0.1) is 6.61 Å². The summed E-state index contributed by atoms with van der Waals surface area (Å²) in [5.41, 5.74) is 0.375. The van der Waals surface area contributed by atoms with Crippen molar-refractivity contribution in [2.24, 2.45) is 0 Å². The molecule has 4 nitrogen and oxygen atoms in total. The van der Waals surface area contributed by atoms with Crippen LogP contribution < -0.4 is 5.32 Å². The summed E-state index contributed by atoms with van der Waals surface area (Å²) >= 11 is 4.50. The third-order valence-electron chi connectivity index (χ3n) is 1.11. The van der Waals surface area contributed by atoms with Gasteiger partial charge in [0.25, 0.3) is 5.91 Å². The standard InChI is InChI=1S/C6H7BrN2O2S/c7-6-9-4(3-12-6)5(11)8-1-2-10/h3,10H,1-2H2,(H,8,11). The van der Waals surface area contributed by atoms with E-state index in [9.17, 15) is 4.79 Å². The van der Waals surface area contributed by atoms with Crippen molar-refractivity contribution < 1.29 is 9.90 Å². The predicted molar refractivity (Wildman–Crippen MR) is 49.2 cm³/mol. The van der Waals surface area contributed by atoms with Crippen molar-refractivity contribution in [3.05, 3.63) is 15.0 Å². The summed E-state index contributed by atoms with van der Waals surface area (Å²) in [7, 11) is 0. The number of rotatable bonds is 3. The topological polar surface area (TPSA) is 62.2 Å². The van der Waals surface area contributed by atoms with Crippen molar-refractivity contribution in [3.63, 3.8) is 0 Å². The van der Waals surface area contributed by atoms with E-state index in [0.717, 1.165) is 0 Å². The van der Waals surface area contributed by atoms with Crippen molar-refractivity contribution in [1.29, 1.82) is 0 Å². The zero-order chi connectivity index (χ0) is 8.97. The van der Waals surface area contributed by atoms with Gasteiger partial charge in [0.1, 0.15) is 5.69 Å². The highest BCUT2D eigenvalue weighted by atomic mass is 79.9. The van der Waals surface area contributed by atoms with Crippen LogP contribution >= 0.6 is 27.3 Å². The fourth-order valence-electron chi connectivity index (χ4n) is 0.616. The quantitative estimate of drug-likeness (QED) is 0.828. The molecule has 1 rings (SSSR count). The number of aromatic nitrogens is 1. The largest absolute Gasteiger partial charge is 0.395 e. The van der Waals surface area contributed by atoms with Gasteiger partial charge in [-0.05, 0) is 15.9 Å². The van der Waals surface area contributed by atoms with E-state index >= 15 is 0 Å². The molecule has 1 amide bonds. The monoisotopic (exact) mass is 250 g/mol. The molecule has 0 aliphatic heterocycles. The Hall–Kier alpha value is -0.460. The van der Waals surface area contributed by atoms with E-state index in [4.69, 9.17) is 5.11 Å². The molecule has 12 heavy (non-hydrogen) atoms. The third-order valence-corrected chi connectivity index (χ3v) is 2.47. The van der Waals surface area contributed by atoms with Gasteiger partial charge in [-0.2, -0.15) is 0 Å². The highest BCUT2D eigenvalue weighted by molar-refractivity contribution is 9.11. The van der Waals surface area contributed by atoms with Crippen LogP contribution in [0, 0.1) is 0 Å². The molecule has 0 spiro atoms. The number of carbonyl (C=O) groups excluding carboxylic acids is 1. The van der Waals surface area contributed by atoms with Gasteiger partial charge in [0.2, 0.25) is 0 Å². The summed E-state index contributed by atoms with van der Waals surface area (Å²) in [6.07, 6.45) is 0. The Morgan fingerprint density at radius 1 is 1.83 bits per heavy atom. The van der Waals surface area contributed by atoms with E-state index in [1.54, 1.807) is 5.38 Å². The van der Waals surface area contributed by atoms with Gasteiger partial charge >= 0.3 is 0 Å². The number of nitrogens with one attached hydrogen (secondary N) is 1. The number of aliphatic hydroxyl groups excluding tert-OH is 1. The summed E-state index contributed by atoms with van der Waals surface area (Å²) in [6, 6.07) is 0. The fraction of sp³-hybridized carbons (Fsp3) is 0.333. The van der Waals surface area contributed by atoms with Crippen LogP contribution in [0.5, 0.6) is 0 Å². The molecule has 0 unspecified atom stereocenters. The number of hydrogen-bond acceptors (Lipinski definition) is 4. The number of nitrogens with zero attached hydrogens (tertiary/aromatic N) is 1. The maximum Gasteiger partial charge on any atom is 0.270 e. The molecular weight excluding hydrogens is 244 g/mol. The lowest BCUT2D eigenvalue weighted by atomic mass is 10.4. The minimum Gasteiger partial charge on any atom is -0.395 e. The molecule has 6 heteroatoms. The number of aliphatic hydroxyl groups is 1. The highest BCUT2D eigenvalue weighted by Gasteiger charge is 2.07. The van der Waals surface area contributed by atoms with Crippen LogP contribution in [0.15, 0.2) is 9.30 Å². The fourth-order valence-corrected chi connectivity index (χ4v) is 1.61. The van der Waals surface area contributed by atoms with Gasteiger partial charge in [-0.3, -0.25) is 4.79 Å². The zero-order valence-corrected chi connectivity index (χ0v) is 8.48. The molecule has 0 aromatic carbocycles. The lowest BCUT2D eigenvalue weighted by Gasteiger charge is -1.97. The van der Waals surface area contributed by atoms with Crippen molar-refractivity contribution in [2.75, 3.05) is 13.2 Å². The maximum atomic E-state index is 11.1. The lowest BCUT2D eigenvalue weighted by Crippen LogP contribution is -2.26. The Labute approximate surface area is 81.8 Å². The SMILES string of the molecule is O=C(NCCO)c1csc(Br)n1. The molecule has 1 aromatic heterocycles. The van der Waals surface area contributed by atoms with Gasteiger partial charge in [-0.1, -0.05) is 0 Å². The van der Waals surface area contributed by atoms with Gasteiger partial charge in [-0.15, -0.1) is 11.3 Å². The first-order valence-electron chi connectivity index (χ1n) is 3.24. The molecule has 66 valence electrons. The van der Waals surface area contributed by atoms with Crippen molar-refractivity contribution in [1.82, 2.24) is 10.3 Å². The Morgan fingerprint density at radius 3 is 3.08 bits per heavy atom. The smallest absolute Gasteiger partial charge is 0.270 e. The average Bonchev–Trinajstić information content (AvgIpc) is 2.47. The summed E-state index contributed by atoms with van der Waals surface area (Å²) in [5, 5.41) is 12.6. The summed E-state index contributed by atoms with van der Waals surface area (Å²) in [6.45, 7) is 0.199. The molecule has 1 aromatic rings. The van der Waals surface area contributed by atoms with Crippen molar-refractivity contribution in [2.45, 2.75) is 0 Å². The molecule has 0 bridgehead atoms. The Balaban J connectivity index is 2.53. The first kappa shape index (κ1) is 9.63. The Bertz CT molecular complexity index is 276. The zero-order valence-electron chi connectivity index (χ0n) is 6.08. The van der Waals surface area contributed by atoms with Crippen LogP contribution in [-0.4, -0.2) is 29.1 Å². The predicted octanol–water partition coefficient (Wildman–Crippen LogP) is 0.628. The minimum absolute atomic E-state index is 0.0585. The number of carbonyl (C=O) groups is 1. The van der Waals surface area contributed by atoms with Crippen LogP contribution in [0.2, 0.25) is 0 Å². The lowest BCUT2D eigenvalue weighted by molar-refractivity contribution is 0.0940. The van der Waals surface area contributed by atoms with Crippen LogP contribution in [0.4, 0.5) is 0 Å². The van der Waals surface area contributed by atoms with Crippen LogP contribution in [-0.2, 0) is 0 Å². The molecule has 0 atom stereocenters. The summed E-state index contributed by atoms with van der Waals surface area (Å²) < 4.78 is 0.677. The number of amides is 1. The van der Waals surface area contributed by atoms with Gasteiger partial charge in [0, 0.05) is 11.9 Å². The Morgan fingerprint density at radius 2 is 2.58 bits per heavy atom. The third kappa shape index (κ3) is 2.54. The van der Waals surface area contributed by atoms with E-state index in [0.29, 0.717) is 9.61 Å². The molecule has 0 radical (unpaired) electrons. The molecule has 0 saturated carbocycles. The minimum atomic E-state index is -0.258. The summed E-state index contributed by atoms with van der Waals surface area (Å²) in [4.78, 5) is 15.0. The molecule has 0 fully saturated rings. The number of thiazole rings is 1. The molecule has 2 N–H and O–H groups in total. The molecule has 0 aliphatic carbocycles. The normalized spacial score (nSPS) is 9.83. The van der Waals surface area contributed by atoms with E-state index in [1.165, 1.54) is 11.3 Å². The molecule has 1 heterocycles. The second-order valence-corrected chi connectivity index (χ2v) is 4.10. The van der Waals surface area contributed by atoms with E-state index in [2.05, 4.69) is 26.2 Å². The highest BCUT2D eigenvalue weighted by Crippen LogP contribution is 2.15. The molecular formula is C6H7BrN2O2S. The van der Waals surface area contributed by atoms with Gasteiger partial charge < -0.3 is 10.4 Å². The average molecular weight is 251 g/mol. The van der Waals surface area contributed by atoms with Crippen LogP contribution in [0.1, 0.15) is 10.5 Å². The second-order valence-electron chi connectivity index (χ2n) is 1.97. The van der Waals surface area contributed by atoms with Crippen molar-refractivity contribution in [3.8, 4) is 0 Å². The van der Waals surface area contributed by atoms with E-state index < -0.39 is 0 Å². The number of halogens is 1. The number of hydrogen-bond donors (Lipinski definition) is 2. The second kappa shape index (κ2) is 4.54. The van der Waals surface area contributed by atoms with Gasteiger partial charge in [0.15, 0.2) is 3.92 Å². The van der Waals surface area contributed by atoms with Gasteiger partial charge in [-0.25, -0.2) is 4.98 Å². The van der Waals surface area contributed by atoms with E-state index in [1.807, 2.05) is 0 Å². The molecule has 0 saturated heterocycles. The van der Waals surface area contributed by atoms with Crippen LogP contribution in [0.3, 0.4) is 0 Å². The first-order valence-corrected chi connectivity index (χ1v) is 4.91. The first-order chi connectivity index (χ1) is 5.74. The van der Waals surface area contributed by atoms with E-state index in [-0.39, 0.29) is 19.1 Å². The Kier molecular flexibility index (Phi) is 3.64. The van der Waals surface area contributed by atoms with Crippen molar-refractivity contribution >= 4 is 33.2 Å². The summed E-state index contributed by atoms with van der Waals surface area (Å²) in [5.74, 6) is -0.258.